The highest BCUT2D eigenvalue weighted by Gasteiger charge is 2.35. The molecule has 2 aromatic heterocycles. The number of aromatic nitrogens is 4. The largest absolute Gasteiger partial charge is 0.393 e. The summed E-state index contributed by atoms with van der Waals surface area (Å²) in [4.78, 5) is 35.3. The first-order chi connectivity index (χ1) is 13.3. The minimum absolute atomic E-state index is 0.0276. The third-order valence-electron chi connectivity index (χ3n) is 5.56. The molecular weight excluding hydrogens is 360 g/mol. The fraction of sp³-hybridized carbons (Fsp3) is 0.579. The molecule has 1 fully saturated rings. The van der Waals surface area contributed by atoms with Crippen LogP contribution in [0.4, 0.5) is 5.95 Å². The van der Waals surface area contributed by atoms with Gasteiger partial charge in [-0.05, 0) is 31.1 Å². The van der Waals surface area contributed by atoms with Crippen LogP contribution in [-0.2, 0) is 6.42 Å². The third-order valence-corrected chi connectivity index (χ3v) is 5.56. The number of nitrogens with one attached hydrogen (secondary N) is 3. The molecule has 9 nitrogen and oxygen atoms in total. The van der Waals surface area contributed by atoms with E-state index in [1.54, 1.807) is 0 Å². The Kier molecular flexibility index (Phi) is 4.70. The van der Waals surface area contributed by atoms with Gasteiger partial charge in [0.2, 0.25) is 5.95 Å². The van der Waals surface area contributed by atoms with Crippen molar-refractivity contribution in [2.24, 2.45) is 5.41 Å². The van der Waals surface area contributed by atoms with Crippen molar-refractivity contribution in [1.82, 2.24) is 25.5 Å². The molecule has 2 aromatic rings. The number of carbonyl (C=O) groups is 1. The summed E-state index contributed by atoms with van der Waals surface area (Å²) in [6.45, 7) is 5.80. The molecule has 0 spiro atoms. The van der Waals surface area contributed by atoms with Gasteiger partial charge in [0.25, 0.3) is 11.5 Å². The molecule has 0 aromatic carbocycles. The van der Waals surface area contributed by atoms with E-state index >= 15 is 0 Å². The maximum absolute atomic E-state index is 12.5. The first kappa shape index (κ1) is 18.7. The Morgan fingerprint density at radius 3 is 2.75 bits per heavy atom. The SMILES string of the molecule is CC1(C)Cc2nc(N3CCC(O)CC3)ncc2[C@H](NC(=O)c2cc(=O)[nH][nH]2)C1. The summed E-state index contributed by atoms with van der Waals surface area (Å²) in [5.74, 6) is 0.351. The van der Waals surface area contributed by atoms with Crippen LogP contribution in [0.1, 0.15) is 60.9 Å². The highest BCUT2D eigenvalue weighted by molar-refractivity contribution is 5.92. The molecule has 1 amide bonds. The van der Waals surface area contributed by atoms with Gasteiger partial charge in [-0.25, -0.2) is 9.97 Å². The normalized spacial score (nSPS) is 22.0. The number of aliphatic hydroxyl groups is 1. The van der Waals surface area contributed by atoms with Crippen LogP contribution in [0, 0.1) is 5.41 Å². The second-order valence-electron chi connectivity index (χ2n) is 8.53. The van der Waals surface area contributed by atoms with Crippen molar-refractivity contribution in [3.8, 4) is 0 Å². The number of H-pyrrole nitrogens is 2. The summed E-state index contributed by atoms with van der Waals surface area (Å²) in [6, 6.07) is 1.02. The quantitative estimate of drug-likeness (QED) is 0.621. The average Bonchev–Trinajstić information content (AvgIpc) is 3.07. The van der Waals surface area contributed by atoms with Gasteiger partial charge in [0, 0.05) is 30.9 Å². The van der Waals surface area contributed by atoms with Gasteiger partial charge in [0.1, 0.15) is 5.69 Å². The monoisotopic (exact) mass is 386 g/mol. The van der Waals surface area contributed by atoms with Gasteiger partial charge in [-0.2, -0.15) is 0 Å². The second-order valence-corrected chi connectivity index (χ2v) is 8.53. The Hall–Kier alpha value is -2.68. The van der Waals surface area contributed by atoms with Gasteiger partial charge in [-0.15, -0.1) is 0 Å². The molecular formula is C19H26N6O3. The van der Waals surface area contributed by atoms with Crippen LogP contribution in [0.5, 0.6) is 0 Å². The van der Waals surface area contributed by atoms with Crippen LogP contribution in [0.15, 0.2) is 17.1 Å². The van der Waals surface area contributed by atoms with Crippen LogP contribution in [0.25, 0.3) is 0 Å². The molecule has 4 N–H and O–H groups in total. The van der Waals surface area contributed by atoms with E-state index in [-0.39, 0.29) is 34.7 Å². The summed E-state index contributed by atoms with van der Waals surface area (Å²) < 4.78 is 0. The van der Waals surface area contributed by atoms with E-state index in [0.29, 0.717) is 5.95 Å². The van der Waals surface area contributed by atoms with Crippen LogP contribution >= 0.6 is 0 Å². The highest BCUT2D eigenvalue weighted by Crippen LogP contribution is 2.40. The number of rotatable bonds is 3. The zero-order valence-electron chi connectivity index (χ0n) is 16.2. The minimum Gasteiger partial charge on any atom is -0.393 e. The fourth-order valence-electron chi connectivity index (χ4n) is 4.07. The molecule has 4 rings (SSSR count). The molecule has 0 radical (unpaired) electrons. The molecule has 3 heterocycles. The molecule has 1 aliphatic heterocycles. The van der Waals surface area contributed by atoms with E-state index in [1.807, 2.05) is 6.20 Å². The third kappa shape index (κ3) is 3.80. The lowest BCUT2D eigenvalue weighted by Crippen LogP contribution is -2.39. The molecule has 0 saturated carbocycles. The Morgan fingerprint density at radius 1 is 1.32 bits per heavy atom. The maximum atomic E-state index is 12.5. The number of carbonyl (C=O) groups excluding carboxylic acids is 1. The van der Waals surface area contributed by atoms with Gasteiger partial charge >= 0.3 is 0 Å². The molecule has 0 unspecified atom stereocenters. The number of aromatic amines is 2. The Bertz CT molecular complexity index is 926. The number of fused-ring (bicyclic) bond motifs is 1. The molecule has 1 atom stereocenters. The number of piperidine rings is 1. The first-order valence-electron chi connectivity index (χ1n) is 9.68. The van der Waals surface area contributed by atoms with E-state index < -0.39 is 0 Å². The summed E-state index contributed by atoms with van der Waals surface area (Å²) in [5, 5.41) is 17.7. The van der Waals surface area contributed by atoms with Crippen LogP contribution in [0.2, 0.25) is 0 Å². The minimum atomic E-state index is -0.339. The number of hydrogen-bond donors (Lipinski definition) is 4. The first-order valence-corrected chi connectivity index (χ1v) is 9.68. The lowest BCUT2D eigenvalue weighted by atomic mass is 9.74. The predicted molar refractivity (Wildman–Crippen MR) is 103 cm³/mol. The maximum Gasteiger partial charge on any atom is 0.269 e. The van der Waals surface area contributed by atoms with Gasteiger partial charge in [0.05, 0.1) is 17.8 Å². The van der Waals surface area contributed by atoms with Crippen molar-refractivity contribution >= 4 is 11.9 Å². The summed E-state index contributed by atoms with van der Waals surface area (Å²) in [7, 11) is 0. The summed E-state index contributed by atoms with van der Waals surface area (Å²) in [5.41, 5.74) is 1.71. The topological polar surface area (TPSA) is 127 Å². The molecule has 0 bridgehead atoms. The molecule has 1 aliphatic carbocycles. The lowest BCUT2D eigenvalue weighted by Gasteiger charge is -2.37. The van der Waals surface area contributed by atoms with Crippen molar-refractivity contribution < 1.29 is 9.90 Å². The van der Waals surface area contributed by atoms with Crippen LogP contribution < -0.4 is 15.8 Å². The second kappa shape index (κ2) is 7.05. The molecule has 9 heteroatoms. The molecule has 2 aliphatic rings. The average molecular weight is 386 g/mol. The molecule has 28 heavy (non-hydrogen) atoms. The van der Waals surface area contributed by atoms with Crippen molar-refractivity contribution in [2.45, 2.75) is 51.7 Å². The van der Waals surface area contributed by atoms with Crippen molar-refractivity contribution in [3.05, 3.63) is 39.6 Å². The van der Waals surface area contributed by atoms with Gasteiger partial charge in [-0.1, -0.05) is 13.8 Å². The number of aliphatic hydroxyl groups excluding tert-OH is 1. The number of nitrogens with zero attached hydrogens (tertiary/aromatic N) is 3. The van der Waals surface area contributed by atoms with Gasteiger partial charge < -0.3 is 15.3 Å². The lowest BCUT2D eigenvalue weighted by molar-refractivity contribution is 0.0914. The van der Waals surface area contributed by atoms with Crippen molar-refractivity contribution in [3.63, 3.8) is 0 Å². The van der Waals surface area contributed by atoms with E-state index in [0.717, 1.165) is 50.0 Å². The Balaban J connectivity index is 1.58. The Morgan fingerprint density at radius 2 is 2.07 bits per heavy atom. The number of anilines is 1. The highest BCUT2D eigenvalue weighted by atomic mass is 16.3. The zero-order valence-corrected chi connectivity index (χ0v) is 16.2. The number of hydrogen-bond acceptors (Lipinski definition) is 6. The zero-order chi connectivity index (χ0) is 19.9. The van der Waals surface area contributed by atoms with E-state index in [9.17, 15) is 14.7 Å². The molecule has 1 saturated heterocycles. The Labute approximate surface area is 162 Å². The van der Waals surface area contributed by atoms with Crippen LogP contribution in [-0.4, -0.2) is 50.4 Å². The van der Waals surface area contributed by atoms with Crippen LogP contribution in [0.3, 0.4) is 0 Å². The molecule has 150 valence electrons. The summed E-state index contributed by atoms with van der Waals surface area (Å²) in [6.07, 6.45) is 4.58. The fourth-order valence-corrected chi connectivity index (χ4v) is 4.07. The predicted octanol–water partition coefficient (Wildman–Crippen LogP) is 0.898. The van der Waals surface area contributed by atoms with E-state index in [1.165, 1.54) is 6.07 Å². The number of amides is 1. The van der Waals surface area contributed by atoms with E-state index in [4.69, 9.17) is 4.98 Å². The standard InChI is InChI=1S/C19H26N6O3/c1-19(2)8-14(21-17(28)13-7-16(27)24-23-13)12-10-20-18(22-15(12)9-19)25-5-3-11(26)4-6-25/h7,10-11,14,26H,3-6,8-9H2,1-2H3,(H,21,28)(H2,23,24,27)/t14-/m1/s1. The van der Waals surface area contributed by atoms with Gasteiger partial charge in [-0.3, -0.25) is 19.8 Å². The smallest absolute Gasteiger partial charge is 0.269 e. The van der Waals surface area contributed by atoms with Crippen molar-refractivity contribution in [2.75, 3.05) is 18.0 Å². The summed E-state index contributed by atoms with van der Waals surface area (Å²) >= 11 is 0. The van der Waals surface area contributed by atoms with E-state index in [2.05, 4.69) is 39.2 Å². The van der Waals surface area contributed by atoms with Gasteiger partial charge in [0.15, 0.2) is 0 Å². The van der Waals surface area contributed by atoms with Crippen molar-refractivity contribution in [1.29, 1.82) is 0 Å².